The van der Waals surface area contributed by atoms with Gasteiger partial charge < -0.3 is 14.8 Å². The SMILES string of the molecule is COc1ccc(F)c(Cl)c1[C@@H](C)c1c[nH]c2ncc(-c3c(C)nn([C@H]4CC[C@H](C(=O)O)CC4)c3C)cc12. The molecular formula is C28H30ClFN4O3. The van der Waals surface area contributed by atoms with Crippen molar-refractivity contribution in [2.24, 2.45) is 5.92 Å². The Bertz CT molecular complexity index is 1490. The van der Waals surface area contributed by atoms with Crippen molar-refractivity contribution >= 4 is 28.6 Å². The Morgan fingerprint density at radius 1 is 1.27 bits per heavy atom. The van der Waals surface area contributed by atoms with Crippen molar-refractivity contribution in [1.82, 2.24) is 19.7 Å². The Labute approximate surface area is 219 Å². The summed E-state index contributed by atoms with van der Waals surface area (Å²) < 4.78 is 21.9. The fourth-order valence-electron chi connectivity index (χ4n) is 5.81. The van der Waals surface area contributed by atoms with Gasteiger partial charge in [0.15, 0.2) is 0 Å². The fraction of sp³-hybridized carbons (Fsp3) is 0.393. The number of aliphatic carboxylic acids is 1. The van der Waals surface area contributed by atoms with Crippen molar-refractivity contribution in [2.75, 3.05) is 7.11 Å². The van der Waals surface area contributed by atoms with Gasteiger partial charge in [-0.1, -0.05) is 18.5 Å². The molecule has 0 amide bonds. The molecule has 0 unspecified atom stereocenters. The van der Waals surface area contributed by atoms with E-state index in [4.69, 9.17) is 21.4 Å². The van der Waals surface area contributed by atoms with Gasteiger partial charge in [0, 0.05) is 46.1 Å². The predicted molar refractivity (Wildman–Crippen MR) is 141 cm³/mol. The number of benzene rings is 1. The van der Waals surface area contributed by atoms with E-state index in [1.807, 2.05) is 26.2 Å². The molecule has 194 valence electrons. The zero-order valence-corrected chi connectivity index (χ0v) is 22.1. The zero-order valence-electron chi connectivity index (χ0n) is 21.3. The molecule has 3 heterocycles. The fourth-order valence-corrected chi connectivity index (χ4v) is 6.13. The molecule has 0 saturated heterocycles. The van der Waals surface area contributed by atoms with E-state index in [0.29, 0.717) is 24.2 Å². The van der Waals surface area contributed by atoms with E-state index in [9.17, 15) is 14.3 Å². The number of aromatic nitrogens is 4. The van der Waals surface area contributed by atoms with E-state index in [2.05, 4.69) is 27.6 Å². The van der Waals surface area contributed by atoms with Crippen LogP contribution in [0.2, 0.25) is 5.02 Å². The number of halogens is 2. The van der Waals surface area contributed by atoms with Crippen LogP contribution in [0.3, 0.4) is 0 Å². The number of hydrogen-bond acceptors (Lipinski definition) is 4. The molecule has 1 aromatic carbocycles. The summed E-state index contributed by atoms with van der Waals surface area (Å²) in [6.07, 6.45) is 6.65. The number of carbonyl (C=O) groups is 1. The lowest BCUT2D eigenvalue weighted by molar-refractivity contribution is -0.143. The molecule has 7 nitrogen and oxygen atoms in total. The standard InChI is InChI=1S/C28H30ClFN4O3/c1-14(24-23(37-4)10-9-22(30)26(24)29)21-13-32-27-20(21)11-18(12-31-27)25-15(2)33-34(16(25)3)19-7-5-17(6-8-19)28(35)36/h9-14,17,19H,5-8H2,1-4H3,(H,31,32)(H,35,36)/t14-,17-,19-/m0/s1. The Balaban J connectivity index is 1.53. The van der Waals surface area contributed by atoms with Gasteiger partial charge >= 0.3 is 5.97 Å². The topological polar surface area (TPSA) is 93.0 Å². The second-order valence-electron chi connectivity index (χ2n) is 9.90. The monoisotopic (exact) mass is 524 g/mol. The highest BCUT2D eigenvalue weighted by atomic mass is 35.5. The zero-order chi connectivity index (χ0) is 26.4. The third-order valence-corrected chi connectivity index (χ3v) is 8.16. The van der Waals surface area contributed by atoms with Crippen LogP contribution in [0.15, 0.2) is 30.6 Å². The van der Waals surface area contributed by atoms with Gasteiger partial charge in [-0.15, -0.1) is 0 Å². The lowest BCUT2D eigenvalue weighted by atomic mass is 9.86. The van der Waals surface area contributed by atoms with Crippen LogP contribution < -0.4 is 4.74 Å². The largest absolute Gasteiger partial charge is 0.496 e. The second kappa shape index (κ2) is 9.82. The number of fused-ring (bicyclic) bond motifs is 1. The van der Waals surface area contributed by atoms with Gasteiger partial charge in [0.1, 0.15) is 17.2 Å². The van der Waals surface area contributed by atoms with Gasteiger partial charge in [-0.05, 0) is 63.3 Å². The van der Waals surface area contributed by atoms with E-state index in [1.165, 1.54) is 6.07 Å². The molecule has 4 aromatic rings. The highest BCUT2D eigenvalue weighted by molar-refractivity contribution is 6.31. The number of carboxylic acids is 1. The summed E-state index contributed by atoms with van der Waals surface area (Å²) in [5, 5.41) is 15.2. The van der Waals surface area contributed by atoms with Crippen molar-refractivity contribution in [1.29, 1.82) is 0 Å². The van der Waals surface area contributed by atoms with Crippen molar-refractivity contribution in [3.8, 4) is 16.9 Å². The minimum Gasteiger partial charge on any atom is -0.496 e. The van der Waals surface area contributed by atoms with Gasteiger partial charge in [-0.3, -0.25) is 9.48 Å². The number of nitrogens with zero attached hydrogens (tertiary/aromatic N) is 3. The average molecular weight is 525 g/mol. The first-order chi connectivity index (χ1) is 17.7. The summed E-state index contributed by atoms with van der Waals surface area (Å²) in [5.74, 6) is -1.18. The summed E-state index contributed by atoms with van der Waals surface area (Å²) in [4.78, 5) is 19.3. The molecule has 0 aliphatic heterocycles. The van der Waals surface area contributed by atoms with Crippen LogP contribution in [-0.4, -0.2) is 37.9 Å². The van der Waals surface area contributed by atoms with E-state index >= 15 is 0 Å². The van der Waals surface area contributed by atoms with E-state index in [1.54, 1.807) is 13.2 Å². The van der Waals surface area contributed by atoms with Gasteiger partial charge in [-0.25, -0.2) is 9.37 Å². The number of rotatable bonds is 6. The Morgan fingerprint density at radius 2 is 2.00 bits per heavy atom. The number of aromatic amines is 1. The Kier molecular flexibility index (Phi) is 6.70. The Morgan fingerprint density at radius 3 is 2.68 bits per heavy atom. The number of carboxylic acid groups (broad SMARTS) is 1. The number of methoxy groups -OCH3 is 1. The molecule has 1 saturated carbocycles. The summed E-state index contributed by atoms with van der Waals surface area (Å²) >= 11 is 6.39. The molecule has 3 aromatic heterocycles. The first-order valence-corrected chi connectivity index (χ1v) is 12.9. The summed E-state index contributed by atoms with van der Waals surface area (Å²) in [6, 6.07) is 5.18. The smallest absolute Gasteiger partial charge is 0.306 e. The molecular weight excluding hydrogens is 495 g/mol. The van der Waals surface area contributed by atoms with Crippen molar-refractivity contribution in [3.05, 3.63) is 63.9 Å². The number of H-pyrrole nitrogens is 1. The predicted octanol–water partition coefficient (Wildman–Crippen LogP) is 6.81. The maximum absolute atomic E-state index is 14.4. The summed E-state index contributed by atoms with van der Waals surface area (Å²) in [7, 11) is 1.55. The van der Waals surface area contributed by atoms with Gasteiger partial charge in [0.25, 0.3) is 0 Å². The molecule has 2 N–H and O–H groups in total. The average Bonchev–Trinajstić information content (AvgIpc) is 3.44. The highest BCUT2D eigenvalue weighted by Crippen LogP contribution is 2.42. The molecule has 0 radical (unpaired) electrons. The molecule has 1 aliphatic carbocycles. The molecule has 5 rings (SSSR count). The van der Waals surface area contributed by atoms with Crippen LogP contribution in [0.25, 0.3) is 22.2 Å². The van der Waals surface area contributed by atoms with Crippen LogP contribution in [-0.2, 0) is 4.79 Å². The second-order valence-corrected chi connectivity index (χ2v) is 10.3. The maximum atomic E-state index is 14.4. The summed E-state index contributed by atoms with van der Waals surface area (Å²) in [5.41, 5.74) is 6.16. The van der Waals surface area contributed by atoms with Gasteiger partial charge in [-0.2, -0.15) is 5.10 Å². The minimum absolute atomic E-state index is 0.0518. The quantitative estimate of drug-likeness (QED) is 0.289. The van der Waals surface area contributed by atoms with Gasteiger partial charge in [0.2, 0.25) is 0 Å². The molecule has 1 fully saturated rings. The van der Waals surface area contributed by atoms with Crippen molar-refractivity contribution in [3.63, 3.8) is 0 Å². The van der Waals surface area contributed by atoms with Crippen molar-refractivity contribution in [2.45, 2.75) is 58.4 Å². The first-order valence-electron chi connectivity index (χ1n) is 12.5. The number of ether oxygens (including phenoxy) is 1. The third-order valence-electron chi connectivity index (χ3n) is 7.78. The lowest BCUT2D eigenvalue weighted by Gasteiger charge is -2.27. The summed E-state index contributed by atoms with van der Waals surface area (Å²) in [6.45, 7) is 6.02. The van der Waals surface area contributed by atoms with Crippen LogP contribution in [0.5, 0.6) is 5.75 Å². The van der Waals surface area contributed by atoms with Crippen LogP contribution in [0.4, 0.5) is 4.39 Å². The number of hydrogen-bond donors (Lipinski definition) is 2. The molecule has 1 atom stereocenters. The number of aryl methyl sites for hydroxylation is 1. The molecule has 1 aliphatic rings. The van der Waals surface area contributed by atoms with Crippen LogP contribution >= 0.6 is 11.6 Å². The van der Waals surface area contributed by atoms with E-state index < -0.39 is 11.8 Å². The van der Waals surface area contributed by atoms with Gasteiger partial charge in [0.05, 0.1) is 29.8 Å². The maximum Gasteiger partial charge on any atom is 0.306 e. The first kappa shape index (κ1) is 25.3. The lowest BCUT2D eigenvalue weighted by Crippen LogP contribution is -2.24. The van der Waals surface area contributed by atoms with E-state index in [-0.39, 0.29) is 22.9 Å². The molecule has 0 spiro atoms. The molecule has 9 heteroatoms. The van der Waals surface area contributed by atoms with Crippen LogP contribution in [0, 0.1) is 25.6 Å². The van der Waals surface area contributed by atoms with E-state index in [0.717, 1.165) is 52.0 Å². The molecule has 37 heavy (non-hydrogen) atoms. The normalized spacial score (nSPS) is 18.8. The number of nitrogens with one attached hydrogen (secondary N) is 1. The minimum atomic E-state index is -0.708. The number of pyridine rings is 1. The third kappa shape index (κ3) is 4.37. The highest BCUT2D eigenvalue weighted by Gasteiger charge is 2.29. The molecule has 0 bridgehead atoms. The van der Waals surface area contributed by atoms with Crippen molar-refractivity contribution < 1.29 is 19.0 Å². The van der Waals surface area contributed by atoms with Crippen LogP contribution in [0.1, 0.15) is 67.1 Å². The Hall–Kier alpha value is -3.39.